The lowest BCUT2D eigenvalue weighted by molar-refractivity contribution is -0.146. The lowest BCUT2D eigenvalue weighted by atomic mass is 9.45. The number of fused-ring (bicyclic) bond motifs is 5. The summed E-state index contributed by atoms with van der Waals surface area (Å²) in [6, 6.07) is 0. The van der Waals surface area contributed by atoms with Gasteiger partial charge >= 0.3 is 0 Å². The molecule has 4 rings (SSSR count). The second-order valence-electron chi connectivity index (χ2n) is 12.0. The van der Waals surface area contributed by atoms with E-state index in [1.165, 1.54) is 57.8 Å². The summed E-state index contributed by atoms with van der Waals surface area (Å²) < 4.78 is 0. The summed E-state index contributed by atoms with van der Waals surface area (Å²) >= 11 is 0. The molecular formula is C27H44O. The molecule has 3 fully saturated rings. The molecule has 8 atom stereocenters. The highest BCUT2D eigenvalue weighted by molar-refractivity contribution is 5.85. The first-order valence-electron chi connectivity index (χ1n) is 12.5. The molecule has 1 heteroatoms. The van der Waals surface area contributed by atoms with Gasteiger partial charge in [0.2, 0.25) is 0 Å². The Morgan fingerprint density at radius 3 is 2.50 bits per heavy atom. The second kappa shape index (κ2) is 7.59. The first-order valence-corrected chi connectivity index (χ1v) is 12.5. The molecule has 0 radical (unpaired) electrons. The van der Waals surface area contributed by atoms with Crippen molar-refractivity contribution in [3.63, 3.8) is 0 Å². The van der Waals surface area contributed by atoms with Crippen LogP contribution in [0.3, 0.4) is 0 Å². The molecule has 0 spiro atoms. The number of Topliss-reactive ketones (excluding diaryl/α,β-unsaturated/α-hetero) is 1. The topological polar surface area (TPSA) is 17.1 Å². The molecule has 0 heterocycles. The van der Waals surface area contributed by atoms with Gasteiger partial charge in [0.15, 0.2) is 0 Å². The largest absolute Gasteiger partial charge is 0.299 e. The molecular weight excluding hydrogens is 340 g/mol. The monoisotopic (exact) mass is 384 g/mol. The maximum Gasteiger partial charge on any atom is 0.140 e. The van der Waals surface area contributed by atoms with Crippen LogP contribution in [-0.4, -0.2) is 5.78 Å². The molecule has 0 saturated heterocycles. The van der Waals surface area contributed by atoms with Crippen LogP contribution >= 0.6 is 0 Å². The molecule has 0 aromatic carbocycles. The third kappa shape index (κ3) is 3.24. The van der Waals surface area contributed by atoms with E-state index in [4.69, 9.17) is 0 Å². The summed E-state index contributed by atoms with van der Waals surface area (Å²) in [5.74, 6) is 5.62. The molecule has 4 aliphatic rings. The maximum atomic E-state index is 13.2. The molecule has 0 N–H and O–H groups in total. The van der Waals surface area contributed by atoms with Crippen LogP contribution in [0.25, 0.3) is 0 Å². The Hall–Kier alpha value is -0.590. The van der Waals surface area contributed by atoms with Crippen molar-refractivity contribution in [1.82, 2.24) is 0 Å². The predicted molar refractivity (Wildman–Crippen MR) is 118 cm³/mol. The first-order chi connectivity index (χ1) is 13.3. The summed E-state index contributed by atoms with van der Waals surface area (Å²) in [4.78, 5) is 13.2. The molecule has 28 heavy (non-hydrogen) atoms. The number of rotatable bonds is 5. The molecule has 3 saturated carbocycles. The highest BCUT2D eigenvalue weighted by atomic mass is 16.1. The quantitative estimate of drug-likeness (QED) is 0.450. The van der Waals surface area contributed by atoms with Crippen molar-refractivity contribution in [3.8, 4) is 0 Å². The van der Waals surface area contributed by atoms with Crippen molar-refractivity contribution in [1.29, 1.82) is 0 Å². The standard InChI is InChI=1S/C27H44O/c1-18(2)9-8-10-19(3)21-12-13-22-20-17-25(28)24-11-6-7-15-26(24,4)23(20)14-16-27(21,22)5/h6,11,18-24H,7-10,12-17H2,1-5H3. The van der Waals surface area contributed by atoms with Crippen molar-refractivity contribution in [2.75, 3.05) is 0 Å². The van der Waals surface area contributed by atoms with Gasteiger partial charge in [-0.3, -0.25) is 4.79 Å². The number of ketones is 1. The number of hydrogen-bond acceptors (Lipinski definition) is 1. The van der Waals surface area contributed by atoms with Crippen LogP contribution in [0.2, 0.25) is 0 Å². The summed E-state index contributed by atoms with van der Waals surface area (Å²) in [5, 5.41) is 0. The van der Waals surface area contributed by atoms with E-state index in [1.807, 2.05) is 0 Å². The fraction of sp³-hybridized carbons (Fsp3) is 0.889. The first kappa shape index (κ1) is 20.7. The minimum absolute atomic E-state index is 0.221. The number of hydrogen-bond donors (Lipinski definition) is 0. The van der Waals surface area contributed by atoms with Gasteiger partial charge in [0.05, 0.1) is 0 Å². The minimum atomic E-state index is 0.221. The Labute approximate surface area is 174 Å². The van der Waals surface area contributed by atoms with Gasteiger partial charge in [0.1, 0.15) is 5.78 Å². The average Bonchev–Trinajstić information content (AvgIpc) is 2.99. The Kier molecular flexibility index (Phi) is 5.60. The Bertz CT molecular complexity index is 618. The maximum absolute atomic E-state index is 13.2. The van der Waals surface area contributed by atoms with Crippen molar-refractivity contribution in [2.45, 2.75) is 98.8 Å². The summed E-state index contributed by atoms with van der Waals surface area (Å²) in [7, 11) is 0. The molecule has 8 unspecified atom stereocenters. The molecule has 0 amide bonds. The van der Waals surface area contributed by atoms with Gasteiger partial charge in [-0.05, 0) is 84.9 Å². The molecule has 158 valence electrons. The second-order valence-corrected chi connectivity index (χ2v) is 12.0. The van der Waals surface area contributed by atoms with Gasteiger partial charge < -0.3 is 0 Å². The van der Waals surface area contributed by atoms with Crippen LogP contribution < -0.4 is 0 Å². The van der Waals surface area contributed by atoms with Crippen molar-refractivity contribution in [3.05, 3.63) is 12.2 Å². The summed E-state index contributed by atoms with van der Waals surface area (Å²) in [5.41, 5.74) is 0.740. The summed E-state index contributed by atoms with van der Waals surface area (Å²) in [6.45, 7) is 12.4. The molecule has 1 nitrogen and oxygen atoms in total. The van der Waals surface area contributed by atoms with Gasteiger partial charge in [0.25, 0.3) is 0 Å². The van der Waals surface area contributed by atoms with Crippen LogP contribution in [0, 0.1) is 52.3 Å². The zero-order valence-corrected chi connectivity index (χ0v) is 19.2. The van der Waals surface area contributed by atoms with E-state index in [9.17, 15) is 4.79 Å². The van der Waals surface area contributed by atoms with Gasteiger partial charge in [-0.15, -0.1) is 0 Å². The van der Waals surface area contributed by atoms with Crippen molar-refractivity contribution < 1.29 is 4.79 Å². The minimum Gasteiger partial charge on any atom is -0.299 e. The number of allylic oxidation sites excluding steroid dienone is 2. The number of carbonyl (C=O) groups is 1. The predicted octanol–water partition coefficient (Wildman–Crippen LogP) is 7.45. The van der Waals surface area contributed by atoms with Crippen LogP contribution in [0.15, 0.2) is 12.2 Å². The fourth-order valence-electron chi connectivity index (χ4n) is 8.67. The molecule has 0 aliphatic heterocycles. The highest BCUT2D eigenvalue weighted by Gasteiger charge is 2.61. The van der Waals surface area contributed by atoms with Crippen LogP contribution in [-0.2, 0) is 4.79 Å². The zero-order chi connectivity index (χ0) is 20.1. The third-order valence-corrected chi connectivity index (χ3v) is 10.2. The van der Waals surface area contributed by atoms with E-state index in [2.05, 4.69) is 46.8 Å². The normalized spacial score (nSPS) is 46.2. The van der Waals surface area contributed by atoms with Gasteiger partial charge in [0, 0.05) is 12.3 Å². The summed E-state index contributed by atoms with van der Waals surface area (Å²) in [6.07, 6.45) is 17.6. The van der Waals surface area contributed by atoms with E-state index in [0.29, 0.717) is 17.1 Å². The average molecular weight is 385 g/mol. The van der Waals surface area contributed by atoms with Crippen LogP contribution in [0.5, 0.6) is 0 Å². The Morgan fingerprint density at radius 1 is 1.00 bits per heavy atom. The van der Waals surface area contributed by atoms with E-state index in [0.717, 1.165) is 36.0 Å². The third-order valence-electron chi connectivity index (χ3n) is 10.2. The number of carbonyl (C=O) groups excluding carboxylic acids is 1. The Balaban J connectivity index is 1.51. The van der Waals surface area contributed by atoms with Crippen LogP contribution in [0.1, 0.15) is 98.8 Å². The van der Waals surface area contributed by atoms with Crippen molar-refractivity contribution in [2.24, 2.45) is 52.3 Å². The van der Waals surface area contributed by atoms with Crippen molar-refractivity contribution >= 4 is 5.78 Å². The van der Waals surface area contributed by atoms with Gasteiger partial charge in [-0.25, -0.2) is 0 Å². The van der Waals surface area contributed by atoms with Gasteiger partial charge in [-0.2, -0.15) is 0 Å². The lowest BCUT2D eigenvalue weighted by Crippen LogP contribution is -2.55. The SMILES string of the molecule is CC(C)CCCC(C)C1CCC2C3CC(=O)C4C=CCCC4(C)C3CCC12C. The fourth-order valence-corrected chi connectivity index (χ4v) is 8.67. The lowest BCUT2D eigenvalue weighted by Gasteiger charge is -2.59. The zero-order valence-electron chi connectivity index (χ0n) is 19.2. The van der Waals surface area contributed by atoms with E-state index < -0.39 is 0 Å². The highest BCUT2D eigenvalue weighted by Crippen LogP contribution is 2.67. The molecule has 4 aliphatic carbocycles. The van der Waals surface area contributed by atoms with Crippen LogP contribution in [0.4, 0.5) is 0 Å². The van der Waals surface area contributed by atoms with E-state index >= 15 is 0 Å². The molecule has 0 aromatic rings. The Morgan fingerprint density at radius 2 is 1.75 bits per heavy atom. The smallest absolute Gasteiger partial charge is 0.140 e. The molecule has 0 bridgehead atoms. The van der Waals surface area contributed by atoms with E-state index in [1.54, 1.807) is 0 Å². The van der Waals surface area contributed by atoms with E-state index in [-0.39, 0.29) is 11.3 Å². The van der Waals surface area contributed by atoms with Gasteiger partial charge in [-0.1, -0.05) is 66.0 Å². The molecule has 0 aromatic heterocycles.